The maximum Gasteiger partial charge on any atom is 0.250 e. The largest absolute Gasteiger partial charge is 0.368 e. The Morgan fingerprint density at radius 1 is 1.27 bits per heavy atom. The van der Waals surface area contributed by atoms with Crippen LogP contribution in [0.25, 0.3) is 0 Å². The first kappa shape index (κ1) is 15.0. The SMILES string of the molecule is CC1CC(NC(=O)[C@H]2OCC[C@H]2C)C(=O)N1c1ccccc1. The smallest absolute Gasteiger partial charge is 0.250 e. The highest BCUT2D eigenvalue weighted by atomic mass is 16.5. The van der Waals surface area contributed by atoms with Gasteiger partial charge in [-0.1, -0.05) is 25.1 Å². The second-order valence-electron chi connectivity index (χ2n) is 6.25. The van der Waals surface area contributed by atoms with E-state index in [4.69, 9.17) is 4.74 Å². The maximum absolute atomic E-state index is 12.6. The van der Waals surface area contributed by atoms with Gasteiger partial charge in [0.15, 0.2) is 0 Å². The van der Waals surface area contributed by atoms with Gasteiger partial charge in [0.2, 0.25) is 11.8 Å². The molecule has 2 aliphatic rings. The van der Waals surface area contributed by atoms with Crippen molar-refractivity contribution in [2.75, 3.05) is 11.5 Å². The Balaban J connectivity index is 1.69. The van der Waals surface area contributed by atoms with Crippen LogP contribution in [-0.2, 0) is 14.3 Å². The highest BCUT2D eigenvalue weighted by Crippen LogP contribution is 2.27. The summed E-state index contributed by atoms with van der Waals surface area (Å²) in [5, 5.41) is 2.88. The van der Waals surface area contributed by atoms with E-state index in [1.807, 2.05) is 44.2 Å². The fourth-order valence-electron chi connectivity index (χ4n) is 3.31. The van der Waals surface area contributed by atoms with E-state index in [2.05, 4.69) is 5.32 Å². The number of nitrogens with one attached hydrogen (secondary N) is 1. The van der Waals surface area contributed by atoms with E-state index in [0.29, 0.717) is 13.0 Å². The standard InChI is InChI=1S/C17H22N2O3/c1-11-8-9-22-15(11)16(20)18-14-10-12(2)19(17(14)21)13-6-4-3-5-7-13/h3-7,11-12,14-15H,8-10H2,1-2H3,(H,18,20)/t11-,12?,14?,15+/m1/s1. The molecule has 0 aliphatic carbocycles. The summed E-state index contributed by atoms with van der Waals surface area (Å²) in [4.78, 5) is 26.7. The van der Waals surface area contributed by atoms with Crippen molar-refractivity contribution in [3.05, 3.63) is 30.3 Å². The average Bonchev–Trinajstić information content (AvgIpc) is 3.04. The molecule has 3 rings (SSSR count). The van der Waals surface area contributed by atoms with Crippen molar-refractivity contribution >= 4 is 17.5 Å². The molecule has 0 saturated carbocycles. The number of benzene rings is 1. The van der Waals surface area contributed by atoms with Crippen LogP contribution in [0.15, 0.2) is 30.3 Å². The predicted octanol–water partition coefficient (Wildman–Crippen LogP) is 1.72. The van der Waals surface area contributed by atoms with Crippen LogP contribution in [0.1, 0.15) is 26.7 Å². The number of para-hydroxylation sites is 1. The first-order valence-electron chi connectivity index (χ1n) is 7.88. The van der Waals surface area contributed by atoms with Crippen molar-refractivity contribution in [1.29, 1.82) is 0 Å². The van der Waals surface area contributed by atoms with E-state index in [1.54, 1.807) is 4.90 Å². The van der Waals surface area contributed by atoms with Gasteiger partial charge in [-0.15, -0.1) is 0 Å². The van der Waals surface area contributed by atoms with Gasteiger partial charge in [-0.05, 0) is 37.8 Å². The Hall–Kier alpha value is -1.88. The fourth-order valence-corrected chi connectivity index (χ4v) is 3.31. The third-order valence-electron chi connectivity index (χ3n) is 4.55. The summed E-state index contributed by atoms with van der Waals surface area (Å²) in [6, 6.07) is 9.19. The molecule has 0 spiro atoms. The second kappa shape index (κ2) is 6.08. The first-order valence-corrected chi connectivity index (χ1v) is 7.88. The summed E-state index contributed by atoms with van der Waals surface area (Å²) < 4.78 is 5.47. The zero-order valence-electron chi connectivity index (χ0n) is 13.0. The number of carbonyl (C=O) groups excluding carboxylic acids is 2. The lowest BCUT2D eigenvalue weighted by molar-refractivity contribution is -0.134. The van der Waals surface area contributed by atoms with Crippen LogP contribution in [0.4, 0.5) is 5.69 Å². The molecule has 2 unspecified atom stereocenters. The Morgan fingerprint density at radius 3 is 2.64 bits per heavy atom. The minimum atomic E-state index is -0.459. The van der Waals surface area contributed by atoms with Crippen LogP contribution in [0.2, 0.25) is 0 Å². The first-order chi connectivity index (χ1) is 10.6. The van der Waals surface area contributed by atoms with Crippen LogP contribution >= 0.6 is 0 Å². The van der Waals surface area contributed by atoms with E-state index in [1.165, 1.54) is 0 Å². The van der Waals surface area contributed by atoms with Crippen LogP contribution in [0.3, 0.4) is 0 Å². The van der Waals surface area contributed by atoms with E-state index in [-0.39, 0.29) is 23.8 Å². The van der Waals surface area contributed by atoms with E-state index in [0.717, 1.165) is 12.1 Å². The molecule has 2 saturated heterocycles. The van der Waals surface area contributed by atoms with Crippen molar-refractivity contribution in [1.82, 2.24) is 5.32 Å². The van der Waals surface area contributed by atoms with Gasteiger partial charge in [0, 0.05) is 18.3 Å². The molecule has 4 atom stereocenters. The molecular formula is C17H22N2O3. The summed E-state index contributed by atoms with van der Waals surface area (Å²) in [6.07, 6.45) is 1.10. The van der Waals surface area contributed by atoms with E-state index < -0.39 is 12.1 Å². The lowest BCUT2D eigenvalue weighted by Gasteiger charge is -2.22. The molecule has 118 valence electrons. The summed E-state index contributed by atoms with van der Waals surface area (Å²) in [7, 11) is 0. The number of anilines is 1. The summed E-state index contributed by atoms with van der Waals surface area (Å²) in [5.74, 6) is 0.00215. The van der Waals surface area contributed by atoms with Gasteiger partial charge in [-0.3, -0.25) is 9.59 Å². The third kappa shape index (κ3) is 2.73. The zero-order chi connectivity index (χ0) is 15.7. The number of nitrogens with zero attached hydrogens (tertiary/aromatic N) is 1. The zero-order valence-corrected chi connectivity index (χ0v) is 13.0. The molecule has 5 heteroatoms. The monoisotopic (exact) mass is 302 g/mol. The molecule has 1 N–H and O–H groups in total. The van der Waals surface area contributed by atoms with Crippen molar-refractivity contribution in [3.8, 4) is 0 Å². The molecule has 0 radical (unpaired) electrons. The minimum Gasteiger partial charge on any atom is -0.368 e. The molecule has 2 aliphatic heterocycles. The van der Waals surface area contributed by atoms with Gasteiger partial charge in [-0.25, -0.2) is 0 Å². The van der Waals surface area contributed by atoms with Gasteiger partial charge in [0.1, 0.15) is 12.1 Å². The van der Waals surface area contributed by atoms with E-state index in [9.17, 15) is 9.59 Å². The molecule has 2 heterocycles. The van der Waals surface area contributed by atoms with Crippen LogP contribution in [-0.4, -0.2) is 36.6 Å². The Morgan fingerprint density at radius 2 is 2.00 bits per heavy atom. The van der Waals surface area contributed by atoms with Crippen LogP contribution in [0.5, 0.6) is 0 Å². The highest BCUT2D eigenvalue weighted by molar-refractivity contribution is 6.02. The van der Waals surface area contributed by atoms with Crippen LogP contribution < -0.4 is 10.2 Å². The van der Waals surface area contributed by atoms with Gasteiger partial charge < -0.3 is 15.0 Å². The minimum absolute atomic E-state index is 0.0438. The van der Waals surface area contributed by atoms with Crippen molar-refractivity contribution in [3.63, 3.8) is 0 Å². The Kier molecular flexibility index (Phi) is 4.16. The Bertz CT molecular complexity index is 560. The molecule has 1 aromatic rings. The third-order valence-corrected chi connectivity index (χ3v) is 4.55. The molecule has 22 heavy (non-hydrogen) atoms. The number of amides is 2. The summed E-state index contributed by atoms with van der Waals surface area (Å²) in [5.41, 5.74) is 0.877. The number of hydrogen-bond acceptors (Lipinski definition) is 3. The highest BCUT2D eigenvalue weighted by Gasteiger charge is 2.41. The summed E-state index contributed by atoms with van der Waals surface area (Å²) >= 11 is 0. The van der Waals surface area contributed by atoms with Gasteiger partial charge in [0.25, 0.3) is 0 Å². The Labute approximate surface area is 130 Å². The summed E-state index contributed by atoms with van der Waals surface area (Å²) in [6.45, 7) is 4.63. The van der Waals surface area contributed by atoms with Gasteiger partial charge in [-0.2, -0.15) is 0 Å². The van der Waals surface area contributed by atoms with Crippen molar-refractivity contribution in [2.45, 2.75) is 44.9 Å². The maximum atomic E-state index is 12.6. The molecule has 1 aromatic carbocycles. The molecule has 0 aromatic heterocycles. The molecule has 0 bridgehead atoms. The lowest BCUT2D eigenvalue weighted by atomic mass is 10.0. The topological polar surface area (TPSA) is 58.6 Å². The van der Waals surface area contributed by atoms with Gasteiger partial charge in [0.05, 0.1) is 0 Å². The lowest BCUT2D eigenvalue weighted by Crippen LogP contribution is -2.46. The number of ether oxygens (including phenoxy) is 1. The van der Waals surface area contributed by atoms with Gasteiger partial charge >= 0.3 is 0 Å². The molecular weight excluding hydrogens is 280 g/mol. The number of hydrogen-bond donors (Lipinski definition) is 1. The molecule has 5 nitrogen and oxygen atoms in total. The molecule has 2 amide bonds. The van der Waals surface area contributed by atoms with Crippen molar-refractivity contribution < 1.29 is 14.3 Å². The quantitative estimate of drug-likeness (QED) is 0.925. The number of rotatable bonds is 3. The van der Waals surface area contributed by atoms with Crippen molar-refractivity contribution in [2.24, 2.45) is 5.92 Å². The molecule has 2 fully saturated rings. The normalized spacial score (nSPS) is 31.5. The predicted molar refractivity (Wildman–Crippen MR) is 83.5 cm³/mol. The fraction of sp³-hybridized carbons (Fsp3) is 0.529. The second-order valence-corrected chi connectivity index (χ2v) is 6.25. The average molecular weight is 302 g/mol. The van der Waals surface area contributed by atoms with Crippen LogP contribution in [0, 0.1) is 5.92 Å². The number of carbonyl (C=O) groups is 2. The van der Waals surface area contributed by atoms with E-state index >= 15 is 0 Å².